The van der Waals surface area contributed by atoms with Crippen LogP contribution in [0.4, 0.5) is 0 Å². The van der Waals surface area contributed by atoms with Crippen molar-refractivity contribution in [2.45, 2.75) is 43.0 Å². The van der Waals surface area contributed by atoms with E-state index >= 15 is 0 Å². The van der Waals surface area contributed by atoms with Crippen molar-refractivity contribution in [1.82, 2.24) is 15.1 Å². The molecule has 0 saturated heterocycles. The first kappa shape index (κ1) is 23.2. The molecule has 1 aliphatic carbocycles. The van der Waals surface area contributed by atoms with Crippen LogP contribution in [0.15, 0.2) is 51.8 Å². The molecule has 0 unspecified atom stereocenters. The van der Waals surface area contributed by atoms with E-state index in [1.54, 1.807) is 18.2 Å². The monoisotopic (exact) mass is 497 g/mol. The van der Waals surface area contributed by atoms with Gasteiger partial charge in [0.2, 0.25) is 10.0 Å². The molecule has 0 fully saturated rings. The van der Waals surface area contributed by atoms with Crippen LogP contribution in [-0.2, 0) is 27.7 Å². The normalized spacial score (nSPS) is 16.3. The van der Waals surface area contributed by atoms with Crippen molar-refractivity contribution in [3.8, 4) is 0 Å². The summed E-state index contributed by atoms with van der Waals surface area (Å²) in [7, 11) is -4.20. The Balaban J connectivity index is 1.35. The van der Waals surface area contributed by atoms with Crippen LogP contribution in [0.1, 0.15) is 51.3 Å². The Labute approximate surface area is 200 Å². The molecule has 11 heteroatoms. The number of aryl methyl sites for hydroxylation is 2. The van der Waals surface area contributed by atoms with Crippen molar-refractivity contribution < 1.29 is 32.4 Å². The smallest absolute Gasteiger partial charge is 0.261 e. The molecule has 10 nitrogen and oxygen atoms in total. The Kier molecular flexibility index (Phi) is 5.91. The molecule has 3 aromatic rings. The lowest BCUT2D eigenvalue weighted by Crippen LogP contribution is -2.47. The largest absolute Gasteiger partial charge is 0.461 e. The van der Waals surface area contributed by atoms with Gasteiger partial charge in [-0.05, 0) is 49.9 Å². The van der Waals surface area contributed by atoms with E-state index in [-0.39, 0.29) is 29.0 Å². The lowest BCUT2D eigenvalue weighted by Gasteiger charge is -2.20. The van der Waals surface area contributed by atoms with Crippen LogP contribution in [0.5, 0.6) is 0 Å². The van der Waals surface area contributed by atoms with E-state index in [0.717, 1.165) is 47.3 Å². The number of imide groups is 1. The first-order chi connectivity index (χ1) is 16.8. The van der Waals surface area contributed by atoms with Crippen LogP contribution in [0.25, 0.3) is 11.0 Å². The van der Waals surface area contributed by atoms with Crippen LogP contribution in [0, 0.1) is 0 Å². The second-order valence-electron chi connectivity index (χ2n) is 8.61. The fourth-order valence-electron chi connectivity index (χ4n) is 4.69. The molecule has 5 rings (SSSR count). The number of sulfonamides is 1. The van der Waals surface area contributed by atoms with Gasteiger partial charge in [0.25, 0.3) is 17.7 Å². The van der Waals surface area contributed by atoms with Crippen molar-refractivity contribution in [3.63, 3.8) is 0 Å². The van der Waals surface area contributed by atoms with Gasteiger partial charge in [-0.1, -0.05) is 12.1 Å². The minimum absolute atomic E-state index is 0.104. The summed E-state index contributed by atoms with van der Waals surface area (Å²) in [4.78, 5) is 38.3. The third-order valence-electron chi connectivity index (χ3n) is 6.48. The average Bonchev–Trinajstić information content (AvgIpc) is 3.36. The number of fused-ring (bicyclic) bond motifs is 4. The summed E-state index contributed by atoms with van der Waals surface area (Å²) in [5.74, 6) is -1.19. The number of benzene rings is 2. The molecule has 2 aromatic carbocycles. The molecule has 1 aliphatic heterocycles. The fourth-order valence-corrected chi connectivity index (χ4v) is 5.93. The zero-order valence-corrected chi connectivity index (χ0v) is 19.4. The topological polar surface area (TPSA) is 146 Å². The van der Waals surface area contributed by atoms with Crippen LogP contribution < -0.4 is 10.2 Å². The molecule has 0 radical (unpaired) electrons. The van der Waals surface area contributed by atoms with Crippen LogP contribution in [0.3, 0.4) is 0 Å². The van der Waals surface area contributed by atoms with Gasteiger partial charge in [0, 0.05) is 30.0 Å². The standard InChI is InChI=1S/C24H23N3O7S/c28-22(25-31)19(11-12-27-23(29)17-6-1-2-7-18(17)24(27)30)26-35(32,33)14-9-10-16-15-5-3-4-8-20(15)34-21(16)13-14/h1-2,6-7,9-10,13,19,26,31H,3-5,8,11-12H2,(H,25,28)/t19-/m1/s1. The van der Waals surface area contributed by atoms with E-state index in [1.807, 2.05) is 0 Å². The van der Waals surface area contributed by atoms with E-state index in [1.165, 1.54) is 29.7 Å². The summed E-state index contributed by atoms with van der Waals surface area (Å²) in [6.07, 6.45) is 3.51. The van der Waals surface area contributed by atoms with Crippen molar-refractivity contribution in [3.05, 3.63) is 64.9 Å². The minimum atomic E-state index is -4.20. The average molecular weight is 498 g/mol. The highest BCUT2D eigenvalue weighted by atomic mass is 32.2. The molecular formula is C24H23N3O7S. The number of carbonyl (C=O) groups is 3. The number of nitrogens with one attached hydrogen (secondary N) is 2. The molecule has 1 atom stereocenters. The highest BCUT2D eigenvalue weighted by molar-refractivity contribution is 7.89. The van der Waals surface area contributed by atoms with Gasteiger partial charge in [0.1, 0.15) is 17.4 Å². The third-order valence-corrected chi connectivity index (χ3v) is 7.95. The van der Waals surface area contributed by atoms with Gasteiger partial charge < -0.3 is 4.42 Å². The van der Waals surface area contributed by atoms with E-state index in [2.05, 4.69) is 4.72 Å². The first-order valence-electron chi connectivity index (χ1n) is 11.3. The maximum Gasteiger partial charge on any atom is 0.261 e. The van der Waals surface area contributed by atoms with E-state index in [4.69, 9.17) is 9.62 Å². The number of rotatable bonds is 7. The van der Waals surface area contributed by atoms with E-state index in [0.29, 0.717) is 5.58 Å². The predicted molar refractivity (Wildman–Crippen MR) is 123 cm³/mol. The Morgan fingerprint density at radius 1 is 1.06 bits per heavy atom. The molecule has 2 aliphatic rings. The van der Waals surface area contributed by atoms with Crippen molar-refractivity contribution in [2.24, 2.45) is 0 Å². The SMILES string of the molecule is O=C(NO)[C@@H](CCN1C(=O)c2ccccc2C1=O)NS(=O)(=O)c1ccc2c3c(oc2c1)CCCC3. The Morgan fingerprint density at radius 2 is 1.74 bits per heavy atom. The molecule has 0 bridgehead atoms. The summed E-state index contributed by atoms with van der Waals surface area (Å²) in [5, 5.41) is 10.0. The molecule has 3 N–H and O–H groups in total. The number of hydroxylamine groups is 1. The molecule has 2 heterocycles. The van der Waals surface area contributed by atoms with Crippen LogP contribution in [-0.4, -0.2) is 48.8 Å². The number of hydrogen-bond acceptors (Lipinski definition) is 7. The molecular weight excluding hydrogens is 474 g/mol. The maximum atomic E-state index is 13.1. The molecule has 0 spiro atoms. The molecule has 182 valence electrons. The maximum absolute atomic E-state index is 13.1. The second kappa shape index (κ2) is 8.91. The molecule has 35 heavy (non-hydrogen) atoms. The highest BCUT2D eigenvalue weighted by Gasteiger charge is 2.36. The van der Waals surface area contributed by atoms with Gasteiger partial charge in [-0.25, -0.2) is 13.9 Å². The number of hydrogen-bond donors (Lipinski definition) is 3. The first-order valence-corrected chi connectivity index (χ1v) is 12.7. The van der Waals surface area contributed by atoms with Crippen molar-refractivity contribution in [2.75, 3.05) is 6.54 Å². The quantitative estimate of drug-likeness (QED) is 0.258. The summed E-state index contributed by atoms with van der Waals surface area (Å²) < 4.78 is 34.3. The summed E-state index contributed by atoms with van der Waals surface area (Å²) in [6, 6.07) is 9.43. The second-order valence-corrected chi connectivity index (χ2v) is 10.3. The molecule has 0 saturated carbocycles. The number of carbonyl (C=O) groups excluding carboxylic acids is 3. The molecule has 3 amide bonds. The minimum Gasteiger partial charge on any atom is -0.461 e. The van der Waals surface area contributed by atoms with Gasteiger partial charge >= 0.3 is 0 Å². The fraction of sp³-hybridized carbons (Fsp3) is 0.292. The van der Waals surface area contributed by atoms with Crippen LogP contribution >= 0.6 is 0 Å². The predicted octanol–water partition coefficient (Wildman–Crippen LogP) is 2.15. The number of furan rings is 1. The van der Waals surface area contributed by atoms with Gasteiger partial charge in [-0.2, -0.15) is 4.72 Å². The van der Waals surface area contributed by atoms with Crippen molar-refractivity contribution in [1.29, 1.82) is 0 Å². The Bertz CT molecular complexity index is 1430. The van der Waals surface area contributed by atoms with E-state index < -0.39 is 33.8 Å². The van der Waals surface area contributed by atoms with E-state index in [9.17, 15) is 22.8 Å². The van der Waals surface area contributed by atoms with Gasteiger partial charge in [0.05, 0.1) is 16.0 Å². The lowest BCUT2D eigenvalue weighted by atomic mass is 9.96. The zero-order valence-electron chi connectivity index (χ0n) is 18.6. The summed E-state index contributed by atoms with van der Waals surface area (Å²) in [6.45, 7) is -0.225. The lowest BCUT2D eigenvalue weighted by molar-refractivity contribution is -0.131. The summed E-state index contributed by atoms with van der Waals surface area (Å²) in [5.41, 5.74) is 3.49. The highest BCUT2D eigenvalue weighted by Crippen LogP contribution is 2.33. The molecule has 1 aromatic heterocycles. The Hall–Kier alpha value is -3.54. The third kappa shape index (κ3) is 4.11. The number of amides is 3. The van der Waals surface area contributed by atoms with Gasteiger partial charge in [-0.15, -0.1) is 0 Å². The zero-order chi connectivity index (χ0) is 24.7. The van der Waals surface area contributed by atoms with Crippen LogP contribution in [0.2, 0.25) is 0 Å². The van der Waals surface area contributed by atoms with Gasteiger partial charge in [0.15, 0.2) is 0 Å². The Morgan fingerprint density at radius 3 is 2.43 bits per heavy atom. The number of nitrogens with zero attached hydrogens (tertiary/aromatic N) is 1. The van der Waals surface area contributed by atoms with Gasteiger partial charge in [-0.3, -0.25) is 24.5 Å². The van der Waals surface area contributed by atoms with Crippen molar-refractivity contribution >= 4 is 38.7 Å². The summed E-state index contributed by atoms with van der Waals surface area (Å²) >= 11 is 0.